The lowest BCUT2D eigenvalue weighted by Gasteiger charge is -2.29. The molecule has 0 spiro atoms. The van der Waals surface area contributed by atoms with Gasteiger partial charge in [0, 0.05) is 92.3 Å². The van der Waals surface area contributed by atoms with Crippen LogP contribution in [0.25, 0.3) is 11.3 Å². The van der Waals surface area contributed by atoms with Crippen LogP contribution in [-0.4, -0.2) is 139 Å². The molecule has 0 unspecified atom stereocenters. The van der Waals surface area contributed by atoms with Gasteiger partial charge in [-0.1, -0.05) is 24.3 Å². The number of alkyl halides is 3. The minimum absolute atomic E-state index is 0.0171. The van der Waals surface area contributed by atoms with Gasteiger partial charge in [-0.25, -0.2) is 0 Å². The summed E-state index contributed by atoms with van der Waals surface area (Å²) in [5, 5.41) is 8.72. The Kier molecular flexibility index (Phi) is 21.9. The summed E-state index contributed by atoms with van der Waals surface area (Å²) in [6.45, 7) is 10.0. The van der Waals surface area contributed by atoms with Crippen LogP contribution < -0.4 is 20.9 Å². The first-order valence-corrected chi connectivity index (χ1v) is 24.4. The number of carbonyl (C=O) groups excluding carboxylic acids is 3. The second-order valence-corrected chi connectivity index (χ2v) is 17.4. The van der Waals surface area contributed by atoms with Crippen LogP contribution in [-0.2, 0) is 47.0 Å². The van der Waals surface area contributed by atoms with Crippen molar-refractivity contribution < 1.29 is 51.2 Å². The van der Waals surface area contributed by atoms with E-state index in [-0.39, 0.29) is 23.9 Å². The molecule has 0 radical (unpaired) electrons. The van der Waals surface area contributed by atoms with Crippen LogP contribution in [0.5, 0.6) is 0 Å². The largest absolute Gasteiger partial charge is 0.416 e. The van der Waals surface area contributed by atoms with Gasteiger partial charge in [-0.3, -0.25) is 24.3 Å². The van der Waals surface area contributed by atoms with E-state index >= 15 is 0 Å². The highest BCUT2D eigenvalue weighted by molar-refractivity contribution is 7.98. The number of pyridine rings is 1. The van der Waals surface area contributed by atoms with E-state index in [1.54, 1.807) is 30.0 Å². The summed E-state index contributed by atoms with van der Waals surface area (Å²) in [5.74, 6) is 0.663. The van der Waals surface area contributed by atoms with E-state index in [9.17, 15) is 27.6 Å². The number of benzene rings is 3. The van der Waals surface area contributed by atoms with Gasteiger partial charge < -0.3 is 44.5 Å². The maximum Gasteiger partial charge on any atom is 0.416 e. The number of nitrogens with one attached hydrogen (secondary N) is 3. The van der Waals surface area contributed by atoms with Gasteiger partial charge in [0.05, 0.1) is 83.0 Å². The molecule has 6 rings (SSSR count). The summed E-state index contributed by atoms with van der Waals surface area (Å²) in [7, 11) is 0. The van der Waals surface area contributed by atoms with Gasteiger partial charge in [0.1, 0.15) is 0 Å². The van der Waals surface area contributed by atoms with Crippen LogP contribution in [0.2, 0.25) is 0 Å². The maximum atomic E-state index is 13.8. The maximum absolute atomic E-state index is 13.8. The second kappa shape index (κ2) is 28.4. The van der Waals surface area contributed by atoms with E-state index < -0.39 is 17.6 Å². The summed E-state index contributed by atoms with van der Waals surface area (Å²) in [6.07, 6.45) is 0.644. The molecule has 0 atom stereocenters. The quantitative estimate of drug-likeness (QED) is 0.0524. The molecule has 2 aliphatic rings. The van der Waals surface area contributed by atoms with Gasteiger partial charge in [0.25, 0.3) is 11.8 Å². The fourth-order valence-corrected chi connectivity index (χ4v) is 8.36. The normalized spacial score (nSPS) is 14.4. The van der Waals surface area contributed by atoms with E-state index in [0.717, 1.165) is 94.3 Å². The number of piperidine rings is 1. The number of hydrogen-bond acceptors (Lipinski definition) is 12. The zero-order chi connectivity index (χ0) is 47.8. The lowest BCUT2D eigenvalue weighted by molar-refractivity contribution is -0.137. The van der Waals surface area contributed by atoms with Crippen LogP contribution in [0.15, 0.2) is 85.1 Å². The third-order valence-electron chi connectivity index (χ3n) is 11.3. The molecule has 0 saturated carbocycles. The molecule has 4 aromatic rings. The Bertz CT molecular complexity index is 2190. The van der Waals surface area contributed by atoms with Gasteiger partial charge in [-0.05, 0) is 85.0 Å². The Labute approximate surface area is 401 Å². The monoisotopic (exact) mass is 964 g/mol. The summed E-state index contributed by atoms with van der Waals surface area (Å²) in [4.78, 5) is 48.2. The van der Waals surface area contributed by atoms with Crippen LogP contribution in [0.3, 0.4) is 0 Å². The van der Waals surface area contributed by atoms with Gasteiger partial charge in [0.2, 0.25) is 5.91 Å². The predicted octanol–water partition coefficient (Wildman–Crippen LogP) is 7.08. The number of anilines is 2. The summed E-state index contributed by atoms with van der Waals surface area (Å²) >= 11 is 1.70. The molecule has 368 valence electrons. The summed E-state index contributed by atoms with van der Waals surface area (Å²) < 4.78 is 67.5. The number of morpholine rings is 1. The predicted molar refractivity (Wildman–Crippen MR) is 257 cm³/mol. The first kappa shape index (κ1) is 52.3. The van der Waals surface area contributed by atoms with E-state index in [4.69, 9.17) is 23.7 Å². The number of hydrogen-bond donors (Lipinski definition) is 3. The molecule has 3 N–H and O–H groups in total. The van der Waals surface area contributed by atoms with Gasteiger partial charge in [0.15, 0.2) is 0 Å². The van der Waals surface area contributed by atoms with E-state index in [1.165, 1.54) is 18.3 Å². The van der Waals surface area contributed by atoms with E-state index in [0.29, 0.717) is 99.6 Å². The van der Waals surface area contributed by atoms with Crippen LogP contribution in [0.1, 0.15) is 63.1 Å². The molecular weight excluding hydrogens is 902 g/mol. The van der Waals surface area contributed by atoms with Crippen LogP contribution >= 0.6 is 11.8 Å². The van der Waals surface area contributed by atoms with Crippen molar-refractivity contribution in [3.63, 3.8) is 0 Å². The Morgan fingerprint density at radius 1 is 0.706 bits per heavy atom. The number of ether oxygens (including phenoxy) is 5. The topological polar surface area (TPSA) is 153 Å². The standard InChI is InChI=1S/C50H63F3N6O8S/c51-50(52,53)42-9-5-6-38(33-42)36-56-48(61)41-12-14-54-46(34-41)44-35-43(59-16-2-1-3-17-59)10-11-45(44)57-49(62)40-8-4-7-39(32-40)37-68-31-30-67-29-28-66-27-26-65-25-24-63-21-13-47(60)55-15-18-58-19-22-64-23-20-58/h4-12,14,32-35H,1-3,13,15-31,36-37H2,(H,55,60)(H,56,61)(H,57,62). The zero-order valence-corrected chi connectivity index (χ0v) is 39.3. The van der Waals surface area contributed by atoms with Crippen molar-refractivity contribution in [3.8, 4) is 11.3 Å². The summed E-state index contributed by atoms with van der Waals surface area (Å²) in [5.41, 5.74) is 3.88. The molecule has 2 saturated heterocycles. The molecule has 3 aromatic carbocycles. The van der Waals surface area contributed by atoms with Gasteiger partial charge in [-0.15, -0.1) is 0 Å². The smallest absolute Gasteiger partial charge is 0.379 e. The number of halogens is 3. The third-order valence-corrected chi connectivity index (χ3v) is 12.2. The van der Waals surface area contributed by atoms with Crippen molar-refractivity contribution in [2.75, 3.05) is 121 Å². The molecule has 0 bridgehead atoms. The molecule has 14 nitrogen and oxygen atoms in total. The molecule has 2 aliphatic heterocycles. The molecule has 68 heavy (non-hydrogen) atoms. The molecular formula is C50H63F3N6O8S. The number of aromatic nitrogens is 1. The molecule has 2 fully saturated rings. The Morgan fingerprint density at radius 3 is 2.15 bits per heavy atom. The first-order chi connectivity index (χ1) is 33.1. The van der Waals surface area contributed by atoms with Crippen molar-refractivity contribution in [2.45, 2.75) is 44.2 Å². The van der Waals surface area contributed by atoms with Crippen LogP contribution in [0.4, 0.5) is 24.5 Å². The van der Waals surface area contributed by atoms with Crippen molar-refractivity contribution in [1.82, 2.24) is 20.5 Å². The minimum Gasteiger partial charge on any atom is -0.379 e. The lowest BCUT2D eigenvalue weighted by atomic mass is 10.0. The SMILES string of the molecule is O=C(CCOCCOCCOCCOCCSCc1cccc(C(=O)Nc2ccc(N3CCCCC3)cc2-c2cc(C(=O)NCc3cccc(C(F)(F)F)c3)ccn2)c1)NCCN1CCOCC1. The molecule has 3 heterocycles. The average Bonchev–Trinajstić information content (AvgIpc) is 3.36. The Hall–Kier alpha value is -5.08. The van der Waals surface area contributed by atoms with Crippen molar-refractivity contribution in [1.29, 1.82) is 0 Å². The minimum atomic E-state index is -4.49. The van der Waals surface area contributed by atoms with Crippen molar-refractivity contribution in [2.24, 2.45) is 0 Å². The highest BCUT2D eigenvalue weighted by Crippen LogP contribution is 2.34. The highest BCUT2D eigenvalue weighted by Gasteiger charge is 2.30. The second-order valence-electron chi connectivity index (χ2n) is 16.3. The highest BCUT2D eigenvalue weighted by atomic mass is 32.2. The van der Waals surface area contributed by atoms with Crippen molar-refractivity contribution >= 4 is 40.9 Å². The fraction of sp³-hybridized carbons (Fsp3) is 0.480. The van der Waals surface area contributed by atoms with Crippen LogP contribution in [0, 0.1) is 0 Å². The third kappa shape index (κ3) is 18.1. The number of thioether (sulfide) groups is 1. The fourth-order valence-electron chi connectivity index (χ4n) is 7.56. The number of nitrogens with zero attached hydrogens (tertiary/aromatic N) is 3. The molecule has 1 aromatic heterocycles. The molecule has 3 amide bonds. The zero-order valence-electron chi connectivity index (χ0n) is 38.5. The number of rotatable bonds is 27. The van der Waals surface area contributed by atoms with E-state index in [1.807, 2.05) is 36.4 Å². The summed E-state index contributed by atoms with van der Waals surface area (Å²) in [6, 6.07) is 21.3. The van der Waals surface area contributed by atoms with Gasteiger partial charge in [-0.2, -0.15) is 24.9 Å². The average molecular weight is 965 g/mol. The molecule has 0 aliphatic carbocycles. The Morgan fingerprint density at radius 2 is 1.40 bits per heavy atom. The number of amides is 3. The van der Waals surface area contributed by atoms with Crippen molar-refractivity contribution in [3.05, 3.63) is 113 Å². The van der Waals surface area contributed by atoms with E-state index in [2.05, 4.69) is 30.7 Å². The Balaban J connectivity index is 0.883. The first-order valence-electron chi connectivity index (χ1n) is 23.3. The number of carbonyl (C=O) groups is 3. The van der Waals surface area contributed by atoms with Gasteiger partial charge >= 0.3 is 6.18 Å². The lowest BCUT2D eigenvalue weighted by Crippen LogP contribution is -2.41. The molecule has 18 heteroatoms.